The molecule has 8 nitrogen and oxygen atoms in total. The Balaban J connectivity index is 2.29. The average molecular weight is 377 g/mol. The zero-order valence-corrected chi connectivity index (χ0v) is 16.0. The largest absolute Gasteiger partial charge is 0.496 e. The monoisotopic (exact) mass is 377 g/mol. The standard InChI is InChI=1S/C19H27N3O5/c1-20-17-13-8-9-15(26-2)12(10-13)6-4-5-7-14(19(25)27-3)22-16(23)11-21-18(17)24/h8-10,14,17,20H,4-7,11H2,1-3H3,(H,21,24)(H,22,23). The Hall–Kier alpha value is -2.61. The third kappa shape index (κ3) is 5.43. The summed E-state index contributed by atoms with van der Waals surface area (Å²) in [5.74, 6) is -0.482. The van der Waals surface area contributed by atoms with Gasteiger partial charge in [0.25, 0.3) is 0 Å². The topological polar surface area (TPSA) is 106 Å². The predicted molar refractivity (Wildman–Crippen MR) is 99.3 cm³/mol. The maximum atomic E-state index is 12.5. The Morgan fingerprint density at radius 3 is 2.67 bits per heavy atom. The van der Waals surface area contributed by atoms with Gasteiger partial charge in [0, 0.05) is 0 Å². The van der Waals surface area contributed by atoms with Gasteiger partial charge >= 0.3 is 5.97 Å². The van der Waals surface area contributed by atoms with Crippen molar-refractivity contribution in [1.82, 2.24) is 16.0 Å². The number of ether oxygens (including phenoxy) is 2. The molecule has 0 saturated heterocycles. The Labute approximate surface area is 159 Å². The third-order valence-electron chi connectivity index (χ3n) is 4.62. The van der Waals surface area contributed by atoms with Gasteiger partial charge in [-0.2, -0.15) is 0 Å². The highest BCUT2D eigenvalue weighted by Gasteiger charge is 2.24. The number of carbonyl (C=O) groups excluding carboxylic acids is 3. The summed E-state index contributed by atoms with van der Waals surface area (Å²) in [6.45, 7) is -0.215. The molecule has 0 aliphatic carbocycles. The van der Waals surface area contributed by atoms with Gasteiger partial charge in [-0.3, -0.25) is 9.59 Å². The highest BCUT2D eigenvalue weighted by molar-refractivity contribution is 5.90. The molecule has 0 saturated carbocycles. The summed E-state index contributed by atoms with van der Waals surface area (Å²) in [6, 6.07) is 4.31. The van der Waals surface area contributed by atoms with Gasteiger partial charge in [-0.05, 0) is 43.5 Å². The van der Waals surface area contributed by atoms with E-state index in [4.69, 9.17) is 9.47 Å². The number of aryl methyl sites for hydroxylation is 1. The minimum atomic E-state index is -0.726. The number of amides is 2. The van der Waals surface area contributed by atoms with Crippen LogP contribution in [0, 0.1) is 0 Å². The average Bonchev–Trinajstić information content (AvgIpc) is 2.68. The third-order valence-corrected chi connectivity index (χ3v) is 4.62. The van der Waals surface area contributed by atoms with Gasteiger partial charge in [0.05, 0.1) is 20.8 Å². The quantitative estimate of drug-likeness (QED) is 0.661. The van der Waals surface area contributed by atoms with E-state index in [0.29, 0.717) is 6.42 Å². The van der Waals surface area contributed by atoms with E-state index in [0.717, 1.165) is 36.1 Å². The maximum Gasteiger partial charge on any atom is 0.328 e. The zero-order chi connectivity index (χ0) is 19.8. The van der Waals surface area contributed by atoms with Gasteiger partial charge in [-0.25, -0.2) is 4.79 Å². The van der Waals surface area contributed by atoms with Crippen LogP contribution in [0.2, 0.25) is 0 Å². The summed E-state index contributed by atoms with van der Waals surface area (Å²) in [6.07, 6.45) is 2.74. The van der Waals surface area contributed by atoms with Crippen molar-refractivity contribution in [3.05, 3.63) is 29.3 Å². The molecule has 1 aromatic rings. The highest BCUT2D eigenvalue weighted by Crippen LogP contribution is 2.25. The van der Waals surface area contributed by atoms with Gasteiger partial charge in [0.15, 0.2) is 0 Å². The van der Waals surface area contributed by atoms with Crippen molar-refractivity contribution in [3.63, 3.8) is 0 Å². The maximum absolute atomic E-state index is 12.5. The van der Waals surface area contributed by atoms with Crippen molar-refractivity contribution in [2.45, 2.75) is 37.8 Å². The molecule has 2 bridgehead atoms. The van der Waals surface area contributed by atoms with Crippen LogP contribution in [-0.2, 0) is 25.5 Å². The van der Waals surface area contributed by atoms with Crippen LogP contribution in [0.3, 0.4) is 0 Å². The first-order valence-electron chi connectivity index (χ1n) is 8.99. The lowest BCUT2D eigenvalue weighted by Gasteiger charge is -2.21. The molecule has 0 aromatic heterocycles. The van der Waals surface area contributed by atoms with Crippen molar-refractivity contribution in [2.24, 2.45) is 0 Å². The number of methoxy groups -OCH3 is 2. The zero-order valence-electron chi connectivity index (χ0n) is 16.0. The summed E-state index contributed by atoms with van der Waals surface area (Å²) in [5.41, 5.74) is 1.80. The lowest BCUT2D eigenvalue weighted by Crippen LogP contribution is -2.47. The number of nitrogens with one attached hydrogen (secondary N) is 3. The van der Waals surface area contributed by atoms with Crippen molar-refractivity contribution in [1.29, 1.82) is 0 Å². The molecular weight excluding hydrogens is 350 g/mol. The first-order chi connectivity index (χ1) is 13.0. The second-order valence-corrected chi connectivity index (χ2v) is 6.40. The molecule has 2 atom stereocenters. The number of rotatable bonds is 3. The predicted octanol–water partition coefficient (Wildman–Crippen LogP) is 0.456. The van der Waals surface area contributed by atoms with E-state index < -0.39 is 24.0 Å². The molecule has 1 aromatic carbocycles. The van der Waals surface area contributed by atoms with Crippen molar-refractivity contribution >= 4 is 17.8 Å². The van der Waals surface area contributed by atoms with Crippen LogP contribution in [0.5, 0.6) is 5.75 Å². The minimum absolute atomic E-state index is 0.215. The fraction of sp³-hybridized carbons (Fsp3) is 0.526. The molecule has 1 aliphatic heterocycles. The van der Waals surface area contributed by atoms with Crippen LogP contribution in [0.25, 0.3) is 0 Å². The number of benzene rings is 1. The fourth-order valence-corrected chi connectivity index (χ4v) is 3.19. The number of carbonyl (C=O) groups is 3. The van der Waals surface area contributed by atoms with Crippen LogP contribution in [0.15, 0.2) is 18.2 Å². The van der Waals surface area contributed by atoms with E-state index >= 15 is 0 Å². The Kier molecular flexibility index (Phi) is 7.60. The second kappa shape index (κ2) is 9.91. The van der Waals surface area contributed by atoms with Crippen molar-refractivity contribution in [2.75, 3.05) is 27.8 Å². The van der Waals surface area contributed by atoms with E-state index in [1.807, 2.05) is 18.2 Å². The molecule has 27 heavy (non-hydrogen) atoms. The van der Waals surface area contributed by atoms with Gasteiger partial charge in [-0.1, -0.05) is 18.6 Å². The SMILES string of the molecule is CNC1C(=O)NCC(=O)NC(C(=O)OC)CCCCc2cc1ccc2OC. The molecule has 8 heteroatoms. The van der Waals surface area contributed by atoms with E-state index in [1.54, 1.807) is 14.2 Å². The van der Waals surface area contributed by atoms with Gasteiger partial charge < -0.3 is 25.4 Å². The molecule has 2 amide bonds. The second-order valence-electron chi connectivity index (χ2n) is 6.40. The molecule has 0 radical (unpaired) electrons. The van der Waals surface area contributed by atoms with Crippen LogP contribution in [0.1, 0.15) is 36.4 Å². The van der Waals surface area contributed by atoms with E-state index in [2.05, 4.69) is 16.0 Å². The lowest BCUT2D eigenvalue weighted by atomic mass is 9.98. The van der Waals surface area contributed by atoms with Crippen molar-refractivity contribution < 1.29 is 23.9 Å². The lowest BCUT2D eigenvalue weighted by molar-refractivity contribution is -0.145. The van der Waals surface area contributed by atoms with E-state index in [1.165, 1.54) is 7.11 Å². The number of likely N-dealkylation sites (N-methyl/N-ethyl adjacent to an activating group) is 1. The molecule has 2 rings (SSSR count). The molecule has 3 N–H and O–H groups in total. The smallest absolute Gasteiger partial charge is 0.328 e. The van der Waals surface area contributed by atoms with Crippen LogP contribution < -0.4 is 20.7 Å². The first-order valence-corrected chi connectivity index (χ1v) is 8.99. The van der Waals surface area contributed by atoms with Gasteiger partial charge in [0.1, 0.15) is 17.8 Å². The van der Waals surface area contributed by atoms with Crippen molar-refractivity contribution in [3.8, 4) is 5.75 Å². The molecule has 0 spiro atoms. The number of hydrogen-bond acceptors (Lipinski definition) is 6. The fourth-order valence-electron chi connectivity index (χ4n) is 3.19. The summed E-state index contributed by atoms with van der Waals surface area (Å²) in [4.78, 5) is 36.5. The molecule has 1 heterocycles. The van der Waals surface area contributed by atoms with Gasteiger partial charge in [-0.15, -0.1) is 0 Å². The molecule has 1 aliphatic rings. The van der Waals surface area contributed by atoms with Crippen LogP contribution in [0.4, 0.5) is 0 Å². The van der Waals surface area contributed by atoms with Gasteiger partial charge in [0.2, 0.25) is 11.8 Å². The molecule has 0 fully saturated rings. The normalized spacial score (nSPS) is 21.4. The number of esters is 1. The molecule has 2 unspecified atom stereocenters. The minimum Gasteiger partial charge on any atom is -0.496 e. The Morgan fingerprint density at radius 1 is 1.22 bits per heavy atom. The Bertz CT molecular complexity index is 692. The van der Waals surface area contributed by atoms with E-state index in [9.17, 15) is 14.4 Å². The molecule has 148 valence electrons. The summed E-state index contributed by atoms with van der Waals surface area (Å²) < 4.78 is 10.2. The summed E-state index contributed by atoms with van der Waals surface area (Å²) >= 11 is 0. The van der Waals surface area contributed by atoms with Crippen LogP contribution >= 0.6 is 0 Å². The van der Waals surface area contributed by atoms with E-state index in [-0.39, 0.29) is 12.5 Å². The first kappa shape index (κ1) is 20.7. The summed E-state index contributed by atoms with van der Waals surface area (Å²) in [5, 5.41) is 8.21. The Morgan fingerprint density at radius 2 is 2.00 bits per heavy atom. The number of fused-ring (bicyclic) bond motifs is 2. The van der Waals surface area contributed by atoms with Crippen LogP contribution in [-0.4, -0.2) is 51.6 Å². The number of hydrogen-bond donors (Lipinski definition) is 3. The summed E-state index contributed by atoms with van der Waals surface area (Å²) in [7, 11) is 4.59. The molecular formula is C19H27N3O5. The highest BCUT2D eigenvalue weighted by atomic mass is 16.5.